The van der Waals surface area contributed by atoms with Crippen LogP contribution in [0.25, 0.3) is 0 Å². The standard InChI is InChI=1S/C6H10N4S5/c1-5(9-7-3-11-5)13-15-14-6(2)10-8-4-12-6/h3-4H2,1-2H3. The van der Waals surface area contributed by atoms with Crippen molar-refractivity contribution in [2.75, 3.05) is 11.8 Å². The van der Waals surface area contributed by atoms with Crippen LogP contribution < -0.4 is 0 Å². The molecule has 0 aliphatic carbocycles. The predicted octanol–water partition coefficient (Wildman–Crippen LogP) is 4.68. The normalized spacial score (nSPS) is 39.1. The fourth-order valence-electron chi connectivity index (χ4n) is 0.894. The fraction of sp³-hybridized carbons (Fsp3) is 1.00. The molecule has 0 aromatic heterocycles. The van der Waals surface area contributed by atoms with Crippen molar-refractivity contribution in [3.8, 4) is 0 Å². The van der Waals surface area contributed by atoms with Crippen molar-refractivity contribution in [1.29, 1.82) is 0 Å². The molecule has 2 aliphatic heterocycles. The molecular weight excluding hydrogens is 288 g/mol. The molecular formula is C6H10N4S5. The molecule has 2 rings (SSSR count). The lowest BCUT2D eigenvalue weighted by Gasteiger charge is -2.19. The van der Waals surface area contributed by atoms with Crippen LogP contribution in [0.3, 0.4) is 0 Å². The van der Waals surface area contributed by atoms with Gasteiger partial charge in [0.1, 0.15) is 11.8 Å². The van der Waals surface area contributed by atoms with Gasteiger partial charge in [0.05, 0.1) is 0 Å². The maximum Gasteiger partial charge on any atom is 0.182 e. The highest BCUT2D eigenvalue weighted by Crippen LogP contribution is 2.58. The number of nitrogens with zero attached hydrogens (tertiary/aromatic N) is 4. The number of thioether (sulfide) groups is 2. The van der Waals surface area contributed by atoms with Gasteiger partial charge in [-0.05, 0) is 45.3 Å². The summed E-state index contributed by atoms with van der Waals surface area (Å²) in [6.07, 6.45) is 0. The van der Waals surface area contributed by atoms with E-state index < -0.39 is 0 Å². The van der Waals surface area contributed by atoms with Gasteiger partial charge in [-0.2, -0.15) is 20.5 Å². The Bertz CT molecular complexity index is 269. The molecule has 2 aliphatic rings. The second-order valence-corrected chi connectivity index (χ2v) is 11.0. The summed E-state index contributed by atoms with van der Waals surface area (Å²) in [5.74, 6) is 1.56. The third-order valence-corrected chi connectivity index (χ3v) is 9.72. The maximum absolute atomic E-state index is 4.21. The highest BCUT2D eigenvalue weighted by Gasteiger charge is 2.34. The van der Waals surface area contributed by atoms with Gasteiger partial charge in [-0.25, -0.2) is 0 Å². The van der Waals surface area contributed by atoms with Gasteiger partial charge in [-0.1, -0.05) is 23.5 Å². The summed E-state index contributed by atoms with van der Waals surface area (Å²) in [7, 11) is 5.21. The molecule has 84 valence electrons. The van der Waals surface area contributed by atoms with Gasteiger partial charge < -0.3 is 0 Å². The van der Waals surface area contributed by atoms with Crippen LogP contribution >= 0.6 is 54.9 Å². The monoisotopic (exact) mass is 298 g/mol. The number of hydrogen-bond donors (Lipinski definition) is 0. The smallest absolute Gasteiger partial charge is 0.181 e. The molecule has 0 radical (unpaired) electrons. The lowest BCUT2D eigenvalue weighted by Crippen LogP contribution is -2.07. The highest BCUT2D eigenvalue weighted by atomic mass is 33.5. The van der Waals surface area contributed by atoms with Crippen LogP contribution in [0, 0.1) is 0 Å². The third kappa shape index (κ3) is 3.45. The first-order chi connectivity index (χ1) is 7.12. The summed E-state index contributed by atoms with van der Waals surface area (Å²) in [5, 5.41) is 16.4. The van der Waals surface area contributed by atoms with Crippen molar-refractivity contribution in [3.63, 3.8) is 0 Å². The highest BCUT2D eigenvalue weighted by molar-refractivity contribution is 9.10. The molecule has 2 atom stereocenters. The zero-order valence-electron chi connectivity index (χ0n) is 8.24. The molecule has 0 bridgehead atoms. The number of azo groups is 2. The van der Waals surface area contributed by atoms with E-state index in [1.54, 1.807) is 54.9 Å². The molecule has 9 heteroatoms. The second-order valence-electron chi connectivity index (χ2n) is 3.06. The quantitative estimate of drug-likeness (QED) is 0.705. The molecule has 0 spiro atoms. The maximum atomic E-state index is 4.21. The van der Waals surface area contributed by atoms with Crippen molar-refractivity contribution in [1.82, 2.24) is 0 Å². The van der Waals surface area contributed by atoms with Crippen molar-refractivity contribution >= 4 is 54.9 Å². The molecule has 0 N–H and O–H groups in total. The van der Waals surface area contributed by atoms with E-state index in [0.29, 0.717) is 0 Å². The van der Waals surface area contributed by atoms with Gasteiger partial charge in [-0.15, -0.1) is 0 Å². The van der Waals surface area contributed by atoms with E-state index in [1.807, 2.05) is 0 Å². The van der Waals surface area contributed by atoms with E-state index >= 15 is 0 Å². The van der Waals surface area contributed by atoms with E-state index in [2.05, 4.69) is 34.3 Å². The molecule has 0 saturated carbocycles. The minimum absolute atomic E-state index is 0.117. The summed E-state index contributed by atoms with van der Waals surface area (Å²) in [5.41, 5.74) is 0. The number of rotatable bonds is 4. The third-order valence-electron chi connectivity index (χ3n) is 1.66. The van der Waals surface area contributed by atoms with E-state index in [0.717, 1.165) is 11.8 Å². The zero-order chi connectivity index (χ0) is 10.8. The van der Waals surface area contributed by atoms with Gasteiger partial charge in [0.15, 0.2) is 8.41 Å². The first-order valence-electron chi connectivity index (χ1n) is 4.21. The Kier molecular flexibility index (Phi) is 4.20. The fourth-order valence-corrected chi connectivity index (χ4v) is 9.01. The van der Waals surface area contributed by atoms with Gasteiger partial charge in [0, 0.05) is 0 Å². The molecule has 0 aromatic rings. The lowest BCUT2D eigenvalue weighted by molar-refractivity contribution is 0.903. The molecule has 2 heterocycles. The molecule has 0 fully saturated rings. The predicted molar refractivity (Wildman–Crippen MR) is 74.2 cm³/mol. The Morgan fingerprint density at radius 1 is 0.933 bits per heavy atom. The Balaban J connectivity index is 1.75. The molecule has 4 nitrogen and oxygen atoms in total. The van der Waals surface area contributed by atoms with Gasteiger partial charge in [-0.3, -0.25) is 0 Å². The van der Waals surface area contributed by atoms with Crippen LogP contribution in [0.4, 0.5) is 0 Å². The van der Waals surface area contributed by atoms with Crippen LogP contribution in [0.2, 0.25) is 0 Å². The average Bonchev–Trinajstić information content (AvgIpc) is 2.76. The minimum Gasteiger partial charge on any atom is -0.181 e. The lowest BCUT2D eigenvalue weighted by atomic mass is 10.8. The molecule has 0 saturated heterocycles. The Morgan fingerprint density at radius 2 is 1.40 bits per heavy atom. The first-order valence-corrected chi connectivity index (χ1v) is 9.66. The van der Waals surface area contributed by atoms with E-state index in [-0.39, 0.29) is 8.41 Å². The van der Waals surface area contributed by atoms with Crippen LogP contribution in [0.1, 0.15) is 13.8 Å². The topological polar surface area (TPSA) is 49.4 Å². The SMILES string of the molecule is CC1(SSSC2(C)N=NCS2)N=NCS1. The molecule has 15 heavy (non-hydrogen) atoms. The minimum atomic E-state index is -0.117. The first kappa shape index (κ1) is 12.4. The Labute approximate surface area is 109 Å². The van der Waals surface area contributed by atoms with E-state index in [9.17, 15) is 0 Å². The van der Waals surface area contributed by atoms with Gasteiger partial charge >= 0.3 is 0 Å². The van der Waals surface area contributed by atoms with Crippen molar-refractivity contribution < 1.29 is 0 Å². The summed E-state index contributed by atoms with van der Waals surface area (Å²) in [6, 6.07) is 0. The van der Waals surface area contributed by atoms with E-state index in [1.165, 1.54) is 0 Å². The van der Waals surface area contributed by atoms with Crippen LogP contribution in [-0.4, -0.2) is 20.2 Å². The van der Waals surface area contributed by atoms with Crippen LogP contribution in [0.15, 0.2) is 20.5 Å². The number of hydrogen-bond acceptors (Lipinski definition) is 9. The van der Waals surface area contributed by atoms with E-state index in [4.69, 9.17) is 0 Å². The van der Waals surface area contributed by atoms with Crippen molar-refractivity contribution in [2.24, 2.45) is 20.5 Å². The molecule has 0 amide bonds. The second kappa shape index (κ2) is 5.07. The van der Waals surface area contributed by atoms with Gasteiger partial charge in [0.2, 0.25) is 0 Å². The summed E-state index contributed by atoms with van der Waals surface area (Å²) in [4.78, 5) is 0. The van der Waals surface area contributed by atoms with Gasteiger partial charge in [0.25, 0.3) is 0 Å². The van der Waals surface area contributed by atoms with Crippen LogP contribution in [-0.2, 0) is 0 Å². The Morgan fingerprint density at radius 3 is 1.73 bits per heavy atom. The summed E-state index contributed by atoms with van der Waals surface area (Å²) >= 11 is 3.52. The van der Waals surface area contributed by atoms with Crippen LogP contribution in [0.5, 0.6) is 0 Å². The molecule has 0 aromatic carbocycles. The summed E-state index contributed by atoms with van der Waals surface area (Å²) < 4.78 is -0.233. The van der Waals surface area contributed by atoms with Crippen molar-refractivity contribution in [2.45, 2.75) is 22.3 Å². The summed E-state index contributed by atoms with van der Waals surface area (Å²) in [6.45, 7) is 4.19. The zero-order valence-corrected chi connectivity index (χ0v) is 12.3. The molecule has 2 unspecified atom stereocenters. The average molecular weight is 299 g/mol. The largest absolute Gasteiger partial charge is 0.182 e. The van der Waals surface area contributed by atoms with Crippen molar-refractivity contribution in [3.05, 3.63) is 0 Å². The Hall–Kier alpha value is 0.950.